The summed E-state index contributed by atoms with van der Waals surface area (Å²) < 4.78 is 9.04. The van der Waals surface area contributed by atoms with Gasteiger partial charge >= 0.3 is 11.9 Å². The van der Waals surface area contributed by atoms with Crippen LogP contribution in [0.15, 0.2) is 24.5 Å². The van der Waals surface area contributed by atoms with Gasteiger partial charge < -0.3 is 14.6 Å². The van der Waals surface area contributed by atoms with Gasteiger partial charge in [-0.15, -0.1) is 0 Å². The Morgan fingerprint density at radius 1 is 1.62 bits per heavy atom. The van der Waals surface area contributed by atoms with E-state index < -0.39 is 5.97 Å². The summed E-state index contributed by atoms with van der Waals surface area (Å²) in [6.45, 7) is 4.48. The minimum Gasteiger partial charge on any atom is -0.460 e. The van der Waals surface area contributed by atoms with Crippen LogP contribution in [-0.4, -0.2) is 30.3 Å². The second-order valence-corrected chi connectivity index (χ2v) is 2.90. The van der Waals surface area contributed by atoms with Crippen molar-refractivity contribution in [3.8, 4) is 0 Å². The third-order valence-corrected chi connectivity index (χ3v) is 1.54. The number of aliphatic hydroxyl groups excluding tert-OH is 1. The average Bonchev–Trinajstić information content (AvgIpc) is 2.21. The standard InChI is InChI=1S/C6H8O2.C5H8O3/c1-5(7)8-6-3-2-4-6;1-2-5(7)8-4-3-6/h3H,2,4H2,1H3;2,6H,1,3-4H2. The van der Waals surface area contributed by atoms with Gasteiger partial charge in [0, 0.05) is 19.4 Å². The summed E-state index contributed by atoms with van der Waals surface area (Å²) in [4.78, 5) is 20.3. The minimum atomic E-state index is -0.501. The van der Waals surface area contributed by atoms with Crippen LogP contribution in [0.5, 0.6) is 0 Å². The lowest BCUT2D eigenvalue weighted by Crippen LogP contribution is -2.04. The molecule has 0 aliphatic heterocycles. The van der Waals surface area contributed by atoms with Crippen LogP contribution in [0.3, 0.4) is 0 Å². The first-order valence-electron chi connectivity index (χ1n) is 4.87. The quantitative estimate of drug-likeness (QED) is 0.572. The fraction of sp³-hybridized carbons (Fsp3) is 0.455. The smallest absolute Gasteiger partial charge is 0.330 e. The number of carbonyl (C=O) groups is 2. The van der Waals surface area contributed by atoms with Crippen LogP contribution in [0.1, 0.15) is 19.8 Å². The molecule has 5 nitrogen and oxygen atoms in total. The highest BCUT2D eigenvalue weighted by Gasteiger charge is 2.07. The van der Waals surface area contributed by atoms with Crippen LogP contribution < -0.4 is 0 Å². The zero-order chi connectivity index (χ0) is 12.4. The molecule has 1 aliphatic carbocycles. The molecule has 1 aliphatic rings. The molecule has 0 heterocycles. The predicted molar refractivity (Wildman–Crippen MR) is 57.3 cm³/mol. The van der Waals surface area contributed by atoms with Crippen molar-refractivity contribution >= 4 is 11.9 Å². The van der Waals surface area contributed by atoms with Gasteiger partial charge in [0.2, 0.25) is 0 Å². The number of hydrogen-bond donors (Lipinski definition) is 1. The molecule has 0 spiro atoms. The van der Waals surface area contributed by atoms with Crippen LogP contribution in [0.25, 0.3) is 0 Å². The maximum atomic E-state index is 10.2. The number of carbonyl (C=O) groups excluding carboxylic acids is 2. The van der Waals surface area contributed by atoms with Crippen molar-refractivity contribution in [1.29, 1.82) is 0 Å². The summed E-state index contributed by atoms with van der Waals surface area (Å²) in [5.41, 5.74) is 0. The summed E-state index contributed by atoms with van der Waals surface area (Å²) in [5, 5.41) is 8.10. The van der Waals surface area contributed by atoms with E-state index >= 15 is 0 Å². The summed E-state index contributed by atoms with van der Waals surface area (Å²) in [7, 11) is 0. The molecule has 0 bridgehead atoms. The maximum absolute atomic E-state index is 10.2. The molecule has 0 unspecified atom stereocenters. The van der Waals surface area contributed by atoms with E-state index in [1.165, 1.54) is 6.92 Å². The number of aliphatic hydroxyl groups is 1. The molecule has 0 radical (unpaired) electrons. The topological polar surface area (TPSA) is 72.8 Å². The van der Waals surface area contributed by atoms with Gasteiger partial charge in [-0.05, 0) is 12.5 Å². The molecule has 0 fully saturated rings. The lowest BCUT2D eigenvalue weighted by Gasteiger charge is -2.11. The van der Waals surface area contributed by atoms with Crippen molar-refractivity contribution in [2.75, 3.05) is 13.2 Å². The van der Waals surface area contributed by atoms with Gasteiger partial charge in [0.25, 0.3) is 0 Å². The summed E-state index contributed by atoms with van der Waals surface area (Å²) >= 11 is 0. The molecule has 1 N–H and O–H groups in total. The lowest BCUT2D eigenvalue weighted by atomic mass is 10.1. The number of rotatable bonds is 4. The monoisotopic (exact) mass is 228 g/mol. The second-order valence-electron chi connectivity index (χ2n) is 2.90. The largest absolute Gasteiger partial charge is 0.460 e. The molecular formula is C11H16O5. The maximum Gasteiger partial charge on any atom is 0.330 e. The molecule has 0 aromatic heterocycles. The summed E-state index contributed by atoms with van der Waals surface area (Å²) in [6.07, 6.45) is 4.96. The third kappa shape index (κ3) is 7.75. The minimum absolute atomic E-state index is 0.0465. The van der Waals surface area contributed by atoms with Crippen molar-refractivity contribution in [1.82, 2.24) is 0 Å². The summed E-state index contributed by atoms with van der Waals surface area (Å²) in [5.74, 6) is 0.118. The molecule has 0 amide bonds. The van der Waals surface area contributed by atoms with Gasteiger partial charge in [-0.25, -0.2) is 4.79 Å². The van der Waals surface area contributed by atoms with E-state index in [-0.39, 0.29) is 19.2 Å². The Labute approximate surface area is 94.4 Å². The number of allylic oxidation sites excluding steroid dienone is 2. The average molecular weight is 228 g/mol. The molecule has 16 heavy (non-hydrogen) atoms. The van der Waals surface area contributed by atoms with Gasteiger partial charge in [0.15, 0.2) is 0 Å². The van der Waals surface area contributed by atoms with Crippen molar-refractivity contribution in [2.24, 2.45) is 0 Å². The Hall–Kier alpha value is -1.62. The van der Waals surface area contributed by atoms with E-state index in [4.69, 9.17) is 9.84 Å². The highest BCUT2D eigenvalue weighted by Crippen LogP contribution is 2.18. The van der Waals surface area contributed by atoms with Crippen molar-refractivity contribution in [2.45, 2.75) is 19.8 Å². The molecule has 1 rings (SSSR count). The molecule has 0 saturated carbocycles. The van der Waals surface area contributed by atoms with Gasteiger partial charge in [0.1, 0.15) is 12.4 Å². The first kappa shape index (κ1) is 14.4. The fourth-order valence-corrected chi connectivity index (χ4v) is 0.745. The molecule has 90 valence electrons. The molecule has 0 saturated heterocycles. The molecule has 0 aromatic rings. The van der Waals surface area contributed by atoms with Gasteiger partial charge in [-0.1, -0.05) is 6.58 Å². The first-order chi connectivity index (χ1) is 7.60. The second kappa shape index (κ2) is 8.67. The zero-order valence-corrected chi connectivity index (χ0v) is 9.27. The fourth-order valence-electron chi connectivity index (χ4n) is 0.745. The van der Waals surface area contributed by atoms with E-state index in [0.717, 1.165) is 24.7 Å². The molecule has 5 heteroatoms. The number of hydrogen-bond acceptors (Lipinski definition) is 5. The van der Waals surface area contributed by atoms with Crippen molar-refractivity contribution < 1.29 is 24.2 Å². The van der Waals surface area contributed by atoms with Crippen LogP contribution in [0, 0.1) is 0 Å². The van der Waals surface area contributed by atoms with E-state index in [2.05, 4.69) is 11.3 Å². The Bertz CT molecular complexity index is 280. The van der Waals surface area contributed by atoms with Crippen molar-refractivity contribution in [3.63, 3.8) is 0 Å². The SMILES string of the molecule is C=CC(=O)OCCO.CC(=O)OC1=CCC1. The number of ether oxygens (including phenoxy) is 2. The Balaban J connectivity index is 0.000000281. The normalized spacial score (nSPS) is 12.2. The van der Waals surface area contributed by atoms with Gasteiger partial charge in [-0.3, -0.25) is 4.79 Å². The Morgan fingerprint density at radius 2 is 2.25 bits per heavy atom. The number of esters is 2. The molecule has 0 atom stereocenters. The Morgan fingerprint density at radius 3 is 2.50 bits per heavy atom. The van der Waals surface area contributed by atoms with E-state index in [1.807, 2.05) is 6.08 Å². The van der Waals surface area contributed by atoms with Gasteiger partial charge in [0.05, 0.1) is 6.61 Å². The van der Waals surface area contributed by atoms with Gasteiger partial charge in [-0.2, -0.15) is 0 Å². The summed E-state index contributed by atoms with van der Waals surface area (Å²) in [6, 6.07) is 0. The first-order valence-corrected chi connectivity index (χ1v) is 4.87. The van der Waals surface area contributed by atoms with Crippen molar-refractivity contribution in [3.05, 3.63) is 24.5 Å². The van der Waals surface area contributed by atoms with Crippen LogP contribution in [-0.2, 0) is 19.1 Å². The molecular weight excluding hydrogens is 212 g/mol. The molecule has 0 aromatic carbocycles. The van der Waals surface area contributed by atoms with Crippen LogP contribution in [0.2, 0.25) is 0 Å². The lowest BCUT2D eigenvalue weighted by molar-refractivity contribution is -0.139. The highest BCUT2D eigenvalue weighted by molar-refractivity contribution is 5.81. The Kier molecular flexibility index (Phi) is 7.79. The predicted octanol–water partition coefficient (Wildman–Crippen LogP) is 0.935. The zero-order valence-electron chi connectivity index (χ0n) is 9.27. The van der Waals surface area contributed by atoms with E-state index in [1.54, 1.807) is 0 Å². The highest BCUT2D eigenvalue weighted by atomic mass is 16.5. The van der Waals surface area contributed by atoms with E-state index in [9.17, 15) is 9.59 Å². The van der Waals surface area contributed by atoms with E-state index in [0.29, 0.717) is 0 Å². The van der Waals surface area contributed by atoms with Crippen LogP contribution in [0.4, 0.5) is 0 Å². The van der Waals surface area contributed by atoms with Crippen LogP contribution >= 0.6 is 0 Å². The third-order valence-electron chi connectivity index (χ3n) is 1.54.